The third kappa shape index (κ3) is 5.22. The molecule has 1 heteroatoms. The monoisotopic (exact) mass is 705 g/mol. The zero-order valence-electron chi connectivity index (χ0n) is 31.4. The molecule has 0 amide bonds. The molecule has 264 valence electrons. The summed E-state index contributed by atoms with van der Waals surface area (Å²) in [5.41, 5.74) is 17.6. The second kappa shape index (κ2) is 13.1. The molecule has 0 radical (unpaired) electrons. The molecule has 55 heavy (non-hydrogen) atoms. The van der Waals surface area contributed by atoms with Gasteiger partial charge >= 0.3 is 0 Å². The van der Waals surface area contributed by atoms with Crippen molar-refractivity contribution in [3.8, 4) is 22.3 Å². The molecule has 1 nitrogen and oxygen atoms in total. The highest BCUT2D eigenvalue weighted by atomic mass is 15.2. The van der Waals surface area contributed by atoms with Gasteiger partial charge < -0.3 is 4.90 Å². The van der Waals surface area contributed by atoms with Gasteiger partial charge in [-0.05, 0) is 97.4 Å². The van der Waals surface area contributed by atoms with Crippen molar-refractivity contribution in [3.63, 3.8) is 0 Å². The van der Waals surface area contributed by atoms with E-state index in [0.29, 0.717) is 0 Å². The van der Waals surface area contributed by atoms with E-state index >= 15 is 0 Å². The van der Waals surface area contributed by atoms with Gasteiger partial charge in [-0.15, -0.1) is 0 Å². The zero-order chi connectivity index (χ0) is 37.0. The van der Waals surface area contributed by atoms with Crippen LogP contribution in [0.1, 0.15) is 64.8 Å². The van der Waals surface area contributed by atoms with Crippen LogP contribution in [-0.2, 0) is 10.8 Å². The molecule has 0 aromatic heterocycles. The maximum atomic E-state index is 2.49. The first-order valence-electron chi connectivity index (χ1n) is 19.5. The van der Waals surface area contributed by atoms with E-state index in [-0.39, 0.29) is 11.5 Å². The SMILES string of the molecule is CC1(C)c2cc(/C=C/c3cccc4c3-c3ccccc3C4(c3ccccc3)c3ccccc3)ccc2-c2ccc(N(c3ccccc3)C3C=CC=CC3)cc21. The molecule has 3 aliphatic carbocycles. The molecule has 1 unspecified atom stereocenters. The smallest absolute Gasteiger partial charge is 0.0713 e. The molecular formula is C54H43N. The van der Waals surface area contributed by atoms with Gasteiger partial charge in [0, 0.05) is 16.8 Å². The number of para-hydroxylation sites is 1. The second-order valence-electron chi connectivity index (χ2n) is 15.6. The highest BCUT2D eigenvalue weighted by Gasteiger charge is 2.46. The number of rotatable bonds is 7. The number of nitrogens with zero attached hydrogens (tertiary/aromatic N) is 1. The molecule has 0 heterocycles. The van der Waals surface area contributed by atoms with Crippen molar-refractivity contribution in [1.29, 1.82) is 0 Å². The van der Waals surface area contributed by atoms with E-state index in [0.717, 1.165) is 6.42 Å². The van der Waals surface area contributed by atoms with Crippen LogP contribution in [0.2, 0.25) is 0 Å². The van der Waals surface area contributed by atoms with Crippen LogP contribution < -0.4 is 4.90 Å². The Hall–Kier alpha value is -6.44. The van der Waals surface area contributed by atoms with E-state index < -0.39 is 5.41 Å². The molecule has 0 bridgehead atoms. The largest absolute Gasteiger partial charge is 0.334 e. The predicted octanol–water partition coefficient (Wildman–Crippen LogP) is 13.5. The molecule has 0 fully saturated rings. The lowest BCUT2D eigenvalue weighted by Crippen LogP contribution is -2.30. The molecule has 7 aromatic carbocycles. The molecular weight excluding hydrogens is 663 g/mol. The molecule has 1 atom stereocenters. The van der Waals surface area contributed by atoms with E-state index in [1.807, 2.05) is 0 Å². The van der Waals surface area contributed by atoms with E-state index in [9.17, 15) is 0 Å². The minimum Gasteiger partial charge on any atom is -0.334 e. The summed E-state index contributed by atoms with van der Waals surface area (Å²) < 4.78 is 0. The Kier molecular flexibility index (Phi) is 7.92. The fourth-order valence-corrected chi connectivity index (χ4v) is 9.72. The zero-order valence-corrected chi connectivity index (χ0v) is 31.4. The third-order valence-electron chi connectivity index (χ3n) is 12.3. The van der Waals surface area contributed by atoms with Gasteiger partial charge in [0.2, 0.25) is 0 Å². The molecule has 0 N–H and O–H groups in total. The molecule has 7 aromatic rings. The van der Waals surface area contributed by atoms with Crippen LogP contribution in [0, 0.1) is 0 Å². The van der Waals surface area contributed by atoms with Gasteiger partial charge in [0.1, 0.15) is 0 Å². The first-order chi connectivity index (χ1) is 27.0. The van der Waals surface area contributed by atoms with E-state index in [1.165, 1.54) is 78.1 Å². The van der Waals surface area contributed by atoms with Gasteiger partial charge in [0.05, 0.1) is 11.5 Å². The number of hydrogen-bond acceptors (Lipinski definition) is 1. The minimum absolute atomic E-state index is 0.146. The average molecular weight is 706 g/mol. The van der Waals surface area contributed by atoms with Crippen molar-refractivity contribution in [2.45, 2.75) is 37.1 Å². The Morgan fingerprint density at radius 2 is 1.15 bits per heavy atom. The summed E-state index contributed by atoms with van der Waals surface area (Å²) in [5, 5.41) is 0. The second-order valence-corrected chi connectivity index (χ2v) is 15.6. The Balaban J connectivity index is 1.04. The molecule has 3 aliphatic rings. The lowest BCUT2D eigenvalue weighted by Gasteiger charge is -2.33. The number of allylic oxidation sites excluding steroid dienone is 2. The van der Waals surface area contributed by atoms with Gasteiger partial charge in [-0.3, -0.25) is 0 Å². The molecule has 0 saturated carbocycles. The normalized spacial score (nSPS) is 16.7. The molecule has 0 spiro atoms. The van der Waals surface area contributed by atoms with Crippen molar-refractivity contribution in [1.82, 2.24) is 0 Å². The fourth-order valence-electron chi connectivity index (χ4n) is 9.72. The highest BCUT2D eigenvalue weighted by Crippen LogP contribution is 2.57. The van der Waals surface area contributed by atoms with Gasteiger partial charge in [-0.25, -0.2) is 0 Å². The quantitative estimate of drug-likeness (QED) is 0.149. The maximum Gasteiger partial charge on any atom is 0.0713 e. The minimum atomic E-state index is -0.402. The van der Waals surface area contributed by atoms with E-state index in [1.54, 1.807) is 0 Å². The molecule has 0 saturated heterocycles. The Morgan fingerprint density at radius 3 is 1.85 bits per heavy atom. The standard InChI is InChI=1S/C54H43N/c1-53(2)50-36-38(31-34-45(50)46-35-33-44(37-51(46)53)55(42-23-11-5-12-24-42)43-25-13-6-14-26-43)30-32-39-18-17-29-49-52(39)47-27-15-16-28-48(47)54(49,40-19-7-3-8-20-40)41-21-9-4-10-22-41/h3-25,27-37,43H,26H2,1-2H3/b32-30+. The first kappa shape index (κ1) is 33.2. The van der Waals surface area contributed by atoms with Crippen molar-refractivity contribution in [2.24, 2.45) is 0 Å². The van der Waals surface area contributed by atoms with Crippen LogP contribution in [0.15, 0.2) is 194 Å². The third-order valence-corrected chi connectivity index (χ3v) is 12.3. The van der Waals surface area contributed by atoms with Gasteiger partial charge in [0.15, 0.2) is 0 Å². The predicted molar refractivity (Wildman–Crippen MR) is 232 cm³/mol. The lowest BCUT2D eigenvalue weighted by atomic mass is 9.67. The topological polar surface area (TPSA) is 3.24 Å². The number of fused-ring (bicyclic) bond motifs is 6. The molecule has 10 rings (SSSR count). The summed E-state index contributed by atoms with van der Waals surface area (Å²) in [7, 11) is 0. The van der Waals surface area contributed by atoms with Crippen LogP contribution in [0.3, 0.4) is 0 Å². The first-order valence-corrected chi connectivity index (χ1v) is 19.5. The summed E-state index contributed by atoms with van der Waals surface area (Å²) in [6.45, 7) is 4.78. The molecule has 0 aliphatic heterocycles. The van der Waals surface area contributed by atoms with Crippen molar-refractivity contribution >= 4 is 23.5 Å². The van der Waals surface area contributed by atoms with Crippen molar-refractivity contribution in [2.75, 3.05) is 4.90 Å². The van der Waals surface area contributed by atoms with Gasteiger partial charge in [-0.1, -0.05) is 196 Å². The van der Waals surface area contributed by atoms with Crippen LogP contribution in [0.5, 0.6) is 0 Å². The summed E-state index contributed by atoms with van der Waals surface area (Å²) >= 11 is 0. The van der Waals surface area contributed by atoms with Crippen LogP contribution in [0.25, 0.3) is 34.4 Å². The fraction of sp³-hybridized carbons (Fsp3) is 0.111. The number of benzene rings is 7. The van der Waals surface area contributed by atoms with Crippen LogP contribution in [-0.4, -0.2) is 6.04 Å². The maximum absolute atomic E-state index is 2.49. The van der Waals surface area contributed by atoms with Gasteiger partial charge in [0.25, 0.3) is 0 Å². The van der Waals surface area contributed by atoms with Crippen LogP contribution in [0.4, 0.5) is 11.4 Å². The Morgan fingerprint density at radius 1 is 0.509 bits per heavy atom. The van der Waals surface area contributed by atoms with Gasteiger partial charge in [-0.2, -0.15) is 0 Å². The van der Waals surface area contributed by atoms with E-state index in [2.05, 4.69) is 225 Å². The number of hydrogen-bond donors (Lipinski definition) is 0. The average Bonchev–Trinajstić information content (AvgIpc) is 3.67. The number of anilines is 2. The van der Waals surface area contributed by atoms with Crippen LogP contribution >= 0.6 is 0 Å². The summed E-state index contributed by atoms with van der Waals surface area (Å²) in [5.74, 6) is 0. The Bertz CT molecular complexity index is 2600. The summed E-state index contributed by atoms with van der Waals surface area (Å²) in [6, 6.07) is 63.2. The Labute approximate surface area is 325 Å². The van der Waals surface area contributed by atoms with E-state index in [4.69, 9.17) is 0 Å². The van der Waals surface area contributed by atoms with Crippen molar-refractivity contribution in [3.05, 3.63) is 239 Å². The van der Waals surface area contributed by atoms with Crippen molar-refractivity contribution < 1.29 is 0 Å². The lowest BCUT2D eigenvalue weighted by molar-refractivity contribution is 0.659. The summed E-state index contributed by atoms with van der Waals surface area (Å²) in [6.07, 6.45) is 14.6. The highest BCUT2D eigenvalue weighted by molar-refractivity contribution is 5.93. The summed E-state index contributed by atoms with van der Waals surface area (Å²) in [4.78, 5) is 2.49.